The van der Waals surface area contributed by atoms with Crippen molar-refractivity contribution in [3.8, 4) is 0 Å². The Bertz CT molecular complexity index is 944. The van der Waals surface area contributed by atoms with Gasteiger partial charge in [0, 0.05) is 32.7 Å². The predicted molar refractivity (Wildman–Crippen MR) is 120 cm³/mol. The van der Waals surface area contributed by atoms with Crippen molar-refractivity contribution >= 4 is 27.3 Å². The molecule has 2 aliphatic heterocycles. The van der Waals surface area contributed by atoms with Crippen LogP contribution in [0, 0.1) is 5.92 Å². The van der Waals surface area contributed by atoms with E-state index in [4.69, 9.17) is 4.74 Å². The van der Waals surface area contributed by atoms with Crippen LogP contribution in [0.1, 0.15) is 24.4 Å². The SMILES string of the molecule is O=C(N[C@@H](CN1CCOCC1)c1ccccc1)[C@H]1CCCN(S(=O)(=O)c2cccs2)C1. The van der Waals surface area contributed by atoms with Crippen LogP contribution < -0.4 is 5.32 Å². The Kier molecular flexibility index (Phi) is 7.39. The largest absolute Gasteiger partial charge is 0.379 e. The van der Waals surface area contributed by atoms with E-state index in [-0.39, 0.29) is 24.4 Å². The molecule has 0 bridgehead atoms. The number of carbonyl (C=O) groups is 1. The molecule has 0 saturated carbocycles. The van der Waals surface area contributed by atoms with E-state index < -0.39 is 10.0 Å². The molecule has 2 saturated heterocycles. The Hall–Kier alpha value is -1.78. The second-order valence-electron chi connectivity index (χ2n) is 8.02. The molecule has 1 amide bonds. The van der Waals surface area contributed by atoms with Crippen LogP contribution in [-0.4, -0.2) is 69.5 Å². The number of nitrogens with zero attached hydrogens (tertiary/aromatic N) is 2. The summed E-state index contributed by atoms with van der Waals surface area (Å²) in [5.74, 6) is -0.424. The molecule has 2 atom stereocenters. The van der Waals surface area contributed by atoms with Gasteiger partial charge >= 0.3 is 0 Å². The Balaban J connectivity index is 1.45. The third-order valence-electron chi connectivity index (χ3n) is 5.91. The lowest BCUT2D eigenvalue weighted by Crippen LogP contribution is -2.48. The first kappa shape index (κ1) is 22.4. The summed E-state index contributed by atoms with van der Waals surface area (Å²) in [6.07, 6.45) is 1.38. The summed E-state index contributed by atoms with van der Waals surface area (Å²) in [6, 6.07) is 13.2. The van der Waals surface area contributed by atoms with Gasteiger partial charge in [0.15, 0.2) is 0 Å². The molecule has 31 heavy (non-hydrogen) atoms. The van der Waals surface area contributed by atoms with Gasteiger partial charge in [-0.3, -0.25) is 9.69 Å². The Morgan fingerprint density at radius 3 is 2.61 bits per heavy atom. The fraction of sp³-hybridized carbons (Fsp3) is 0.500. The topological polar surface area (TPSA) is 79.0 Å². The first-order valence-electron chi connectivity index (χ1n) is 10.7. The Labute approximate surface area is 188 Å². The van der Waals surface area contributed by atoms with Crippen LogP contribution in [0.2, 0.25) is 0 Å². The number of benzene rings is 1. The Morgan fingerprint density at radius 1 is 1.13 bits per heavy atom. The van der Waals surface area contributed by atoms with Gasteiger partial charge in [0.25, 0.3) is 10.0 Å². The number of thiophene rings is 1. The molecule has 0 spiro atoms. The Morgan fingerprint density at radius 2 is 1.90 bits per heavy atom. The number of hydrogen-bond acceptors (Lipinski definition) is 6. The molecule has 0 aliphatic carbocycles. The number of piperidine rings is 1. The normalized spacial score (nSPS) is 22.1. The van der Waals surface area contributed by atoms with Crippen LogP contribution in [0.15, 0.2) is 52.1 Å². The molecule has 2 aliphatic rings. The highest BCUT2D eigenvalue weighted by atomic mass is 32.2. The van der Waals surface area contributed by atoms with Crippen molar-refractivity contribution in [1.29, 1.82) is 0 Å². The molecule has 9 heteroatoms. The van der Waals surface area contributed by atoms with Crippen molar-refractivity contribution in [2.24, 2.45) is 5.92 Å². The average molecular weight is 464 g/mol. The van der Waals surface area contributed by atoms with Gasteiger partial charge < -0.3 is 10.1 Å². The fourth-order valence-electron chi connectivity index (χ4n) is 4.16. The van der Waals surface area contributed by atoms with Crippen LogP contribution in [0.5, 0.6) is 0 Å². The van der Waals surface area contributed by atoms with Crippen LogP contribution >= 0.6 is 11.3 Å². The van der Waals surface area contributed by atoms with Gasteiger partial charge in [0.2, 0.25) is 5.91 Å². The maximum atomic E-state index is 13.2. The number of morpholine rings is 1. The molecule has 1 aromatic heterocycles. The molecule has 168 valence electrons. The standard InChI is InChI=1S/C22H29N3O4S2/c26-22(19-8-4-10-25(16-19)31(27,28)21-9-5-15-30-21)23-20(18-6-2-1-3-7-18)17-24-11-13-29-14-12-24/h1-3,5-7,9,15,19-20H,4,8,10-14,16-17H2,(H,23,26)/t19-,20-/m0/s1. The molecule has 7 nitrogen and oxygen atoms in total. The maximum absolute atomic E-state index is 13.2. The molecule has 3 heterocycles. The summed E-state index contributed by atoms with van der Waals surface area (Å²) in [7, 11) is -3.54. The minimum atomic E-state index is -3.54. The first-order chi connectivity index (χ1) is 15.0. The van der Waals surface area contributed by atoms with Crippen LogP contribution in [-0.2, 0) is 19.6 Å². The van der Waals surface area contributed by atoms with E-state index in [0.717, 1.165) is 18.7 Å². The van der Waals surface area contributed by atoms with E-state index in [1.165, 1.54) is 15.6 Å². The van der Waals surface area contributed by atoms with Crippen molar-refractivity contribution in [1.82, 2.24) is 14.5 Å². The van der Waals surface area contributed by atoms with E-state index in [0.29, 0.717) is 43.4 Å². The lowest BCUT2D eigenvalue weighted by Gasteiger charge is -2.34. The maximum Gasteiger partial charge on any atom is 0.252 e. The summed E-state index contributed by atoms with van der Waals surface area (Å²) >= 11 is 1.21. The minimum Gasteiger partial charge on any atom is -0.379 e. The molecule has 1 aromatic carbocycles. The van der Waals surface area contributed by atoms with Gasteiger partial charge in [-0.1, -0.05) is 36.4 Å². The van der Waals surface area contributed by atoms with Gasteiger partial charge in [-0.25, -0.2) is 8.42 Å². The van der Waals surface area contributed by atoms with Crippen LogP contribution in [0.4, 0.5) is 0 Å². The summed E-state index contributed by atoms with van der Waals surface area (Å²) in [5, 5.41) is 4.98. The van der Waals surface area contributed by atoms with Gasteiger partial charge in [0.1, 0.15) is 4.21 Å². The van der Waals surface area contributed by atoms with Gasteiger partial charge in [-0.05, 0) is 29.9 Å². The number of sulfonamides is 1. The van der Waals surface area contributed by atoms with Gasteiger partial charge in [-0.2, -0.15) is 4.31 Å². The highest BCUT2D eigenvalue weighted by molar-refractivity contribution is 7.91. The van der Waals surface area contributed by atoms with Gasteiger partial charge in [-0.15, -0.1) is 11.3 Å². The number of ether oxygens (including phenoxy) is 1. The zero-order chi connectivity index (χ0) is 21.7. The predicted octanol–water partition coefficient (Wildman–Crippen LogP) is 2.34. The quantitative estimate of drug-likeness (QED) is 0.682. The molecular weight excluding hydrogens is 434 g/mol. The second-order valence-corrected chi connectivity index (χ2v) is 11.1. The fourth-order valence-corrected chi connectivity index (χ4v) is 6.83. The molecule has 1 N–H and O–H groups in total. The van der Waals surface area contributed by atoms with E-state index in [9.17, 15) is 13.2 Å². The summed E-state index contributed by atoms with van der Waals surface area (Å²) < 4.78 is 33.1. The third-order valence-corrected chi connectivity index (χ3v) is 9.15. The highest BCUT2D eigenvalue weighted by Crippen LogP contribution is 2.27. The number of hydrogen-bond donors (Lipinski definition) is 1. The van der Waals surface area contributed by atoms with Crippen LogP contribution in [0.3, 0.4) is 0 Å². The molecule has 0 radical (unpaired) electrons. The molecule has 0 unspecified atom stereocenters. The molecular formula is C22H29N3O4S2. The number of carbonyl (C=O) groups excluding carboxylic acids is 1. The monoisotopic (exact) mass is 463 g/mol. The van der Waals surface area contributed by atoms with Gasteiger partial charge in [0.05, 0.1) is 25.2 Å². The lowest BCUT2D eigenvalue weighted by atomic mass is 9.97. The molecule has 2 fully saturated rings. The first-order valence-corrected chi connectivity index (χ1v) is 13.0. The zero-order valence-electron chi connectivity index (χ0n) is 17.5. The van der Waals surface area contributed by atoms with E-state index in [2.05, 4.69) is 10.2 Å². The number of amides is 1. The van der Waals surface area contributed by atoms with E-state index in [1.54, 1.807) is 17.5 Å². The zero-order valence-corrected chi connectivity index (χ0v) is 19.1. The number of rotatable bonds is 7. The lowest BCUT2D eigenvalue weighted by molar-refractivity contribution is -0.127. The summed E-state index contributed by atoms with van der Waals surface area (Å²) in [6.45, 7) is 4.49. The molecule has 4 rings (SSSR count). The molecule has 2 aromatic rings. The minimum absolute atomic E-state index is 0.0757. The van der Waals surface area contributed by atoms with Crippen LogP contribution in [0.25, 0.3) is 0 Å². The summed E-state index contributed by atoms with van der Waals surface area (Å²) in [5.41, 5.74) is 1.06. The average Bonchev–Trinajstić information content (AvgIpc) is 3.36. The summed E-state index contributed by atoms with van der Waals surface area (Å²) in [4.78, 5) is 15.5. The highest BCUT2D eigenvalue weighted by Gasteiger charge is 2.34. The third kappa shape index (κ3) is 5.53. The van der Waals surface area contributed by atoms with E-state index >= 15 is 0 Å². The van der Waals surface area contributed by atoms with Crippen molar-refractivity contribution in [3.63, 3.8) is 0 Å². The van der Waals surface area contributed by atoms with Crippen molar-refractivity contribution in [2.45, 2.75) is 23.1 Å². The van der Waals surface area contributed by atoms with Crippen molar-refractivity contribution in [3.05, 3.63) is 53.4 Å². The van der Waals surface area contributed by atoms with E-state index in [1.807, 2.05) is 30.3 Å². The second kappa shape index (κ2) is 10.2. The van der Waals surface area contributed by atoms with Crippen molar-refractivity contribution in [2.75, 3.05) is 45.9 Å². The van der Waals surface area contributed by atoms with Crippen molar-refractivity contribution < 1.29 is 17.9 Å². The number of nitrogens with one attached hydrogen (secondary N) is 1. The smallest absolute Gasteiger partial charge is 0.252 e.